The maximum absolute atomic E-state index is 13.4. The van der Waals surface area contributed by atoms with Crippen LogP contribution in [0, 0.1) is 5.82 Å². The maximum atomic E-state index is 13.4. The van der Waals surface area contributed by atoms with Crippen LogP contribution >= 0.6 is 23.2 Å². The van der Waals surface area contributed by atoms with Crippen molar-refractivity contribution in [2.75, 3.05) is 11.2 Å². The molecule has 1 rings (SSSR count). The minimum Gasteiger partial charge on any atom is -0.305 e. The number of urea groups is 1. The second-order valence-electron chi connectivity index (χ2n) is 3.04. The summed E-state index contributed by atoms with van der Waals surface area (Å²) >= 11 is 10.8. The van der Waals surface area contributed by atoms with Crippen molar-refractivity contribution in [3.8, 4) is 0 Å². The van der Waals surface area contributed by atoms with E-state index in [4.69, 9.17) is 23.2 Å². The van der Waals surface area contributed by atoms with Crippen molar-refractivity contribution in [3.05, 3.63) is 29.0 Å². The highest BCUT2D eigenvalue weighted by atomic mass is 35.5. The summed E-state index contributed by atoms with van der Waals surface area (Å²) in [5, 5.41) is 4.04. The number of hydrogen-bond acceptors (Lipinski definition) is 2. The molecule has 0 saturated carbocycles. The van der Waals surface area contributed by atoms with Crippen LogP contribution in [0.25, 0.3) is 0 Å². The molecule has 3 amide bonds. The van der Waals surface area contributed by atoms with Gasteiger partial charge in [-0.3, -0.25) is 10.1 Å². The van der Waals surface area contributed by atoms with Gasteiger partial charge in [0.1, 0.15) is 0 Å². The Morgan fingerprint density at radius 2 is 2.06 bits per heavy atom. The van der Waals surface area contributed by atoms with E-state index >= 15 is 0 Å². The summed E-state index contributed by atoms with van der Waals surface area (Å²) in [6.45, 7) is 0. The summed E-state index contributed by atoms with van der Waals surface area (Å²) in [6.07, 6.45) is 0.00695. The molecule has 4 nitrogen and oxygen atoms in total. The Kier molecular flexibility index (Phi) is 5.18. The van der Waals surface area contributed by atoms with Crippen LogP contribution in [0.2, 0.25) is 5.02 Å². The monoisotopic (exact) mass is 278 g/mol. The molecular weight excluding hydrogens is 270 g/mol. The lowest BCUT2D eigenvalue weighted by atomic mass is 10.3. The van der Waals surface area contributed by atoms with Crippen LogP contribution in [0.1, 0.15) is 6.42 Å². The number of halogens is 3. The predicted molar refractivity (Wildman–Crippen MR) is 63.9 cm³/mol. The molecule has 0 aromatic heterocycles. The Hall–Kier alpha value is -1.33. The van der Waals surface area contributed by atoms with E-state index in [1.807, 2.05) is 5.32 Å². The molecular formula is C10H9Cl2FN2O2. The summed E-state index contributed by atoms with van der Waals surface area (Å²) in [5.74, 6) is -1.20. The van der Waals surface area contributed by atoms with Crippen molar-refractivity contribution < 1.29 is 14.0 Å². The van der Waals surface area contributed by atoms with Crippen molar-refractivity contribution in [1.82, 2.24) is 5.32 Å². The number of imide groups is 1. The maximum Gasteiger partial charge on any atom is 0.325 e. The summed E-state index contributed by atoms with van der Waals surface area (Å²) in [4.78, 5) is 22.3. The predicted octanol–water partition coefficient (Wildman–Crippen LogP) is 2.76. The van der Waals surface area contributed by atoms with Crippen molar-refractivity contribution in [1.29, 1.82) is 0 Å². The van der Waals surface area contributed by atoms with Gasteiger partial charge in [-0.2, -0.15) is 0 Å². The first-order valence-electron chi connectivity index (χ1n) is 4.65. The second-order valence-corrected chi connectivity index (χ2v) is 3.83. The summed E-state index contributed by atoms with van der Waals surface area (Å²) in [5.41, 5.74) is -0.103. The molecule has 0 heterocycles. The van der Waals surface area contributed by atoms with Crippen molar-refractivity contribution in [2.24, 2.45) is 0 Å². The fraction of sp³-hybridized carbons (Fsp3) is 0.200. The molecule has 0 atom stereocenters. The molecule has 0 aliphatic carbocycles. The van der Waals surface area contributed by atoms with Crippen LogP contribution in [-0.2, 0) is 4.79 Å². The van der Waals surface area contributed by atoms with Crippen LogP contribution in [0.5, 0.6) is 0 Å². The van der Waals surface area contributed by atoms with Crippen LogP contribution in [0.3, 0.4) is 0 Å². The lowest BCUT2D eigenvalue weighted by Gasteiger charge is -2.07. The Bertz CT molecular complexity index is 440. The molecule has 2 N–H and O–H groups in total. The number of carbonyl (C=O) groups excluding carboxylic acids is 2. The number of carbonyl (C=O) groups is 2. The van der Waals surface area contributed by atoms with Gasteiger partial charge in [0, 0.05) is 12.3 Å². The highest BCUT2D eigenvalue weighted by Crippen LogP contribution is 2.21. The topological polar surface area (TPSA) is 58.2 Å². The Labute approximate surface area is 107 Å². The van der Waals surface area contributed by atoms with Gasteiger partial charge in [-0.1, -0.05) is 17.7 Å². The second kappa shape index (κ2) is 6.42. The normalized spacial score (nSPS) is 9.82. The highest BCUT2D eigenvalue weighted by molar-refractivity contribution is 6.31. The Morgan fingerprint density at radius 3 is 2.71 bits per heavy atom. The minimum atomic E-state index is -0.832. The lowest BCUT2D eigenvalue weighted by Crippen LogP contribution is -2.34. The zero-order valence-electron chi connectivity index (χ0n) is 8.60. The molecule has 0 unspecified atom stereocenters. The van der Waals surface area contributed by atoms with Gasteiger partial charge in [0.2, 0.25) is 5.91 Å². The first kappa shape index (κ1) is 13.7. The molecule has 0 spiro atoms. The number of benzene rings is 1. The van der Waals surface area contributed by atoms with Gasteiger partial charge in [0.05, 0.1) is 10.7 Å². The molecule has 0 radical (unpaired) electrons. The number of rotatable bonds is 3. The van der Waals surface area contributed by atoms with E-state index in [2.05, 4.69) is 5.32 Å². The molecule has 7 heteroatoms. The fourth-order valence-electron chi connectivity index (χ4n) is 1.03. The average Bonchev–Trinajstić information content (AvgIpc) is 2.25. The first-order valence-corrected chi connectivity index (χ1v) is 5.56. The van der Waals surface area contributed by atoms with Gasteiger partial charge >= 0.3 is 6.03 Å². The van der Waals surface area contributed by atoms with Crippen molar-refractivity contribution in [2.45, 2.75) is 6.42 Å². The quantitative estimate of drug-likeness (QED) is 0.836. The smallest absolute Gasteiger partial charge is 0.305 e. The van der Waals surface area contributed by atoms with E-state index in [0.29, 0.717) is 0 Å². The van der Waals surface area contributed by atoms with Crippen molar-refractivity contribution in [3.63, 3.8) is 0 Å². The molecule has 17 heavy (non-hydrogen) atoms. The lowest BCUT2D eigenvalue weighted by molar-refractivity contribution is -0.119. The third-order valence-corrected chi connectivity index (χ3v) is 2.26. The Morgan fingerprint density at radius 1 is 1.35 bits per heavy atom. The van der Waals surface area contributed by atoms with Gasteiger partial charge in [0.25, 0.3) is 0 Å². The average molecular weight is 279 g/mol. The third-order valence-electron chi connectivity index (χ3n) is 1.77. The molecule has 0 aliphatic heterocycles. The van der Waals surface area contributed by atoms with Crippen LogP contribution in [0.15, 0.2) is 18.2 Å². The summed E-state index contributed by atoms with van der Waals surface area (Å²) in [7, 11) is 0. The molecule has 92 valence electrons. The standard InChI is InChI=1S/C10H9Cl2FN2O2/c11-5-4-8(16)15-10(17)14-7-3-1-2-6(12)9(7)13/h1-3H,4-5H2,(H2,14,15,16,17). The SMILES string of the molecule is O=C(CCCl)NC(=O)Nc1cccc(Cl)c1F. The summed E-state index contributed by atoms with van der Waals surface area (Å²) in [6, 6.07) is 3.31. The van der Waals surface area contributed by atoms with Gasteiger partial charge < -0.3 is 5.32 Å². The minimum absolute atomic E-state index is 0.00695. The number of hydrogen-bond donors (Lipinski definition) is 2. The molecule has 1 aromatic rings. The van der Waals surface area contributed by atoms with Gasteiger partial charge in [-0.25, -0.2) is 9.18 Å². The summed E-state index contributed by atoms with van der Waals surface area (Å²) < 4.78 is 13.4. The fourth-order valence-corrected chi connectivity index (χ4v) is 1.38. The molecule has 0 fully saturated rings. The van der Waals surface area contributed by atoms with E-state index in [-0.39, 0.29) is 23.0 Å². The van der Waals surface area contributed by atoms with E-state index < -0.39 is 17.8 Å². The molecule has 0 bridgehead atoms. The number of nitrogens with one attached hydrogen (secondary N) is 2. The van der Waals surface area contributed by atoms with Gasteiger partial charge in [-0.05, 0) is 12.1 Å². The number of alkyl halides is 1. The zero-order valence-corrected chi connectivity index (χ0v) is 10.1. The third kappa shape index (κ3) is 4.20. The molecule has 0 saturated heterocycles. The van der Waals surface area contributed by atoms with E-state index in [1.54, 1.807) is 0 Å². The molecule has 1 aromatic carbocycles. The van der Waals surface area contributed by atoms with E-state index in [0.717, 1.165) is 0 Å². The van der Waals surface area contributed by atoms with Crippen LogP contribution in [0.4, 0.5) is 14.9 Å². The van der Waals surface area contributed by atoms with E-state index in [9.17, 15) is 14.0 Å². The zero-order chi connectivity index (χ0) is 12.8. The van der Waals surface area contributed by atoms with E-state index in [1.165, 1.54) is 18.2 Å². The first-order chi connectivity index (χ1) is 8.04. The van der Waals surface area contributed by atoms with Gasteiger partial charge in [0.15, 0.2) is 5.82 Å². The highest BCUT2D eigenvalue weighted by Gasteiger charge is 2.11. The Balaban J connectivity index is 2.62. The van der Waals surface area contributed by atoms with Crippen LogP contribution < -0.4 is 10.6 Å². The van der Waals surface area contributed by atoms with Crippen molar-refractivity contribution >= 4 is 40.8 Å². The number of anilines is 1. The number of amides is 3. The van der Waals surface area contributed by atoms with Crippen LogP contribution in [-0.4, -0.2) is 17.8 Å². The largest absolute Gasteiger partial charge is 0.325 e. The van der Waals surface area contributed by atoms with Gasteiger partial charge in [-0.15, -0.1) is 11.6 Å². The molecule has 0 aliphatic rings.